The summed E-state index contributed by atoms with van der Waals surface area (Å²) in [6.45, 7) is 2.19. The molecule has 130 valence electrons. The molecule has 0 aliphatic rings. The Morgan fingerprint density at radius 3 is 2.62 bits per heavy atom. The average molecular weight is 393 g/mol. The van der Waals surface area contributed by atoms with Crippen LogP contribution in [0.1, 0.15) is 39.0 Å². The number of methoxy groups -OCH3 is 2. The Kier molecular flexibility index (Phi) is 10.8. The second kappa shape index (κ2) is 12.7. The number of allylic oxidation sites excluding steroid dienone is 2. The minimum absolute atomic E-state index is 0.0122. The summed E-state index contributed by atoms with van der Waals surface area (Å²) in [5, 5.41) is 0. The quantitative estimate of drug-likeness (QED) is 0.279. The zero-order valence-electron chi connectivity index (χ0n) is 14.7. The Labute approximate surface area is 152 Å². The van der Waals surface area contributed by atoms with E-state index in [4.69, 9.17) is 9.47 Å². The van der Waals surface area contributed by atoms with Gasteiger partial charge in [0.15, 0.2) is 0 Å². The number of carbonyl (C=O) groups is 1. The molecule has 1 unspecified atom stereocenters. The molecule has 0 amide bonds. The van der Waals surface area contributed by atoms with Crippen LogP contribution in [-0.2, 0) is 9.53 Å². The molecule has 24 heavy (non-hydrogen) atoms. The van der Waals surface area contributed by atoms with Crippen molar-refractivity contribution < 1.29 is 14.3 Å². The van der Waals surface area contributed by atoms with E-state index in [9.17, 15) is 4.79 Å². The summed E-state index contributed by atoms with van der Waals surface area (Å²) in [5.41, 5.74) is 0. The number of benzene rings is 1. The molecule has 0 radical (unpaired) electrons. The van der Waals surface area contributed by atoms with Crippen LogP contribution in [0.3, 0.4) is 0 Å². The van der Waals surface area contributed by atoms with Crippen LogP contribution >= 0.6 is 0 Å². The molecule has 0 saturated heterocycles. The van der Waals surface area contributed by atoms with E-state index in [-0.39, 0.29) is 25.7 Å². The van der Waals surface area contributed by atoms with Crippen molar-refractivity contribution in [2.24, 2.45) is 0 Å². The molecular formula is C20H26O3Se. The summed E-state index contributed by atoms with van der Waals surface area (Å²) in [6, 6.07) is 7.85. The van der Waals surface area contributed by atoms with Crippen LogP contribution in [-0.4, -0.2) is 35.1 Å². The van der Waals surface area contributed by atoms with Crippen LogP contribution in [0.25, 0.3) is 0 Å². The Bertz CT molecular complexity index is 567. The molecule has 0 spiro atoms. The molecule has 0 aliphatic carbocycles. The van der Waals surface area contributed by atoms with Gasteiger partial charge in [-0.2, -0.15) is 0 Å². The fraction of sp³-hybridized carbons (Fsp3) is 0.450. The van der Waals surface area contributed by atoms with Crippen molar-refractivity contribution in [2.45, 2.75) is 43.8 Å². The van der Waals surface area contributed by atoms with Crippen molar-refractivity contribution in [3.8, 4) is 17.6 Å². The van der Waals surface area contributed by atoms with Gasteiger partial charge >= 0.3 is 152 Å². The van der Waals surface area contributed by atoms with E-state index in [1.165, 1.54) is 20.0 Å². The first-order chi connectivity index (χ1) is 11.7. The maximum absolute atomic E-state index is 12.0. The molecule has 0 N–H and O–H groups in total. The van der Waals surface area contributed by atoms with Gasteiger partial charge in [0, 0.05) is 0 Å². The minimum atomic E-state index is -0.161. The summed E-state index contributed by atoms with van der Waals surface area (Å²) in [7, 11) is 3.09. The monoisotopic (exact) mass is 394 g/mol. The van der Waals surface area contributed by atoms with Gasteiger partial charge in [-0.05, 0) is 0 Å². The zero-order valence-corrected chi connectivity index (χ0v) is 16.4. The first-order valence-electron chi connectivity index (χ1n) is 8.23. The van der Waals surface area contributed by atoms with Crippen LogP contribution in [0.5, 0.6) is 5.75 Å². The van der Waals surface area contributed by atoms with Gasteiger partial charge in [-0.3, -0.25) is 0 Å². The zero-order chi connectivity index (χ0) is 17.6. The molecule has 0 aromatic heterocycles. The van der Waals surface area contributed by atoms with E-state index >= 15 is 0 Å². The van der Waals surface area contributed by atoms with Gasteiger partial charge in [-0.15, -0.1) is 0 Å². The average Bonchev–Trinajstić information content (AvgIpc) is 2.62. The van der Waals surface area contributed by atoms with Crippen molar-refractivity contribution in [1.82, 2.24) is 0 Å². The summed E-state index contributed by atoms with van der Waals surface area (Å²) < 4.78 is 11.2. The molecule has 0 fully saturated rings. The number of unbranched alkanes of at least 4 members (excludes halogenated alkanes) is 3. The van der Waals surface area contributed by atoms with E-state index in [1.54, 1.807) is 7.11 Å². The Hall–Kier alpha value is -1.69. The Morgan fingerprint density at radius 2 is 2.00 bits per heavy atom. The SMILES string of the molecule is CCCCCC#C/C=C/CC([Se]c1ccc(OC)cc1)C(=O)OC. The van der Waals surface area contributed by atoms with Crippen LogP contribution in [0.15, 0.2) is 36.4 Å². The summed E-state index contributed by atoms with van der Waals surface area (Å²) >= 11 is 0.0122. The van der Waals surface area contributed by atoms with Crippen molar-refractivity contribution in [2.75, 3.05) is 14.2 Å². The summed E-state index contributed by atoms with van der Waals surface area (Å²) in [6.07, 6.45) is 9.02. The van der Waals surface area contributed by atoms with Crippen LogP contribution < -0.4 is 9.20 Å². The van der Waals surface area contributed by atoms with Gasteiger partial charge in [0.1, 0.15) is 0 Å². The van der Waals surface area contributed by atoms with Crippen molar-refractivity contribution in [3.05, 3.63) is 36.4 Å². The molecule has 4 heteroatoms. The Morgan fingerprint density at radius 1 is 1.25 bits per heavy atom. The normalized spacial score (nSPS) is 11.6. The van der Waals surface area contributed by atoms with Crippen molar-refractivity contribution in [3.63, 3.8) is 0 Å². The standard InChI is InChI=1S/C20H26O3Se/c1-4-5-6-7-8-9-10-11-12-19(20(21)23-3)24-18-15-13-17(22-2)14-16-18/h10-11,13-16,19H,4-7,12H2,1-3H3/b11-10+. The second-order valence-corrected chi connectivity index (χ2v) is 7.90. The second-order valence-electron chi connectivity index (χ2n) is 5.22. The molecule has 1 aromatic rings. The van der Waals surface area contributed by atoms with Crippen molar-refractivity contribution >= 4 is 25.4 Å². The van der Waals surface area contributed by atoms with Gasteiger partial charge in [0.25, 0.3) is 0 Å². The molecule has 3 nitrogen and oxygen atoms in total. The molecule has 1 rings (SSSR count). The van der Waals surface area contributed by atoms with Gasteiger partial charge < -0.3 is 0 Å². The molecule has 0 bridgehead atoms. The molecule has 1 atom stereocenters. The molecule has 0 heterocycles. The molecule has 0 saturated carbocycles. The number of hydrogen-bond acceptors (Lipinski definition) is 3. The first-order valence-corrected chi connectivity index (χ1v) is 10.1. The first kappa shape index (κ1) is 20.4. The van der Waals surface area contributed by atoms with Crippen LogP contribution in [0, 0.1) is 11.8 Å². The van der Waals surface area contributed by atoms with E-state index in [2.05, 4.69) is 18.8 Å². The third-order valence-electron chi connectivity index (χ3n) is 3.36. The number of hydrogen-bond donors (Lipinski definition) is 0. The van der Waals surface area contributed by atoms with Crippen molar-refractivity contribution in [1.29, 1.82) is 0 Å². The summed E-state index contributed by atoms with van der Waals surface area (Å²) in [5.74, 6) is 6.84. The maximum atomic E-state index is 12.0. The van der Waals surface area contributed by atoms with Gasteiger partial charge in [-0.25, -0.2) is 0 Å². The fourth-order valence-corrected chi connectivity index (χ4v) is 4.13. The Balaban J connectivity index is 2.54. The van der Waals surface area contributed by atoms with E-state index in [0.29, 0.717) is 6.42 Å². The molecule has 0 aliphatic heterocycles. The summed E-state index contributed by atoms with van der Waals surface area (Å²) in [4.78, 5) is 11.8. The fourth-order valence-electron chi connectivity index (χ4n) is 1.99. The van der Waals surface area contributed by atoms with Crippen LogP contribution in [0.2, 0.25) is 4.82 Å². The van der Waals surface area contributed by atoms with E-state index < -0.39 is 0 Å². The number of rotatable bonds is 9. The van der Waals surface area contributed by atoms with E-state index in [1.807, 2.05) is 36.4 Å². The van der Waals surface area contributed by atoms with E-state index in [0.717, 1.165) is 23.1 Å². The number of ether oxygens (including phenoxy) is 2. The third kappa shape index (κ3) is 8.24. The van der Waals surface area contributed by atoms with Gasteiger partial charge in [-0.1, -0.05) is 0 Å². The van der Waals surface area contributed by atoms with Crippen LogP contribution in [0.4, 0.5) is 0 Å². The number of carbonyl (C=O) groups excluding carboxylic acids is 1. The topological polar surface area (TPSA) is 35.5 Å². The van der Waals surface area contributed by atoms with Gasteiger partial charge in [0.05, 0.1) is 0 Å². The predicted octanol–water partition coefficient (Wildman–Crippen LogP) is 3.52. The molecular weight excluding hydrogens is 367 g/mol. The number of esters is 1. The van der Waals surface area contributed by atoms with Gasteiger partial charge in [0.2, 0.25) is 0 Å². The third-order valence-corrected chi connectivity index (χ3v) is 5.91. The predicted molar refractivity (Wildman–Crippen MR) is 99.8 cm³/mol. The molecule has 1 aromatic carbocycles.